The van der Waals surface area contributed by atoms with Crippen molar-refractivity contribution in [3.8, 4) is 5.75 Å². The van der Waals surface area contributed by atoms with Gasteiger partial charge in [0.15, 0.2) is 6.10 Å². The van der Waals surface area contributed by atoms with Crippen molar-refractivity contribution in [2.45, 2.75) is 121 Å². The zero-order chi connectivity index (χ0) is 31.3. The van der Waals surface area contributed by atoms with Crippen molar-refractivity contribution in [3.05, 3.63) is 54.1 Å². The van der Waals surface area contributed by atoms with Gasteiger partial charge in [-0.3, -0.25) is 9.59 Å². The molecule has 0 spiro atoms. The number of ketones is 1. The third-order valence-electron chi connectivity index (χ3n) is 7.51. The van der Waals surface area contributed by atoms with E-state index in [0.29, 0.717) is 5.69 Å². The smallest absolute Gasteiger partial charge is 0.744 e. The zero-order valence-electron chi connectivity index (χ0n) is 27.0. The SMILES string of the molecule is CCCCCCCCCCCCCCCCCCOc1ccc(C(=O)C(OC)C(=O)Nc2ccccc2)cc1S(=O)(=O)[O-].[K+]. The molecule has 0 saturated carbocycles. The largest absolute Gasteiger partial charge is 1.00 e. The second-order valence-electron chi connectivity index (χ2n) is 11.1. The predicted molar refractivity (Wildman–Crippen MR) is 170 cm³/mol. The molecule has 0 heterocycles. The molecule has 1 amide bonds. The topological polar surface area (TPSA) is 122 Å². The first-order valence-electron chi connectivity index (χ1n) is 15.9. The van der Waals surface area contributed by atoms with Crippen LogP contribution in [0.25, 0.3) is 0 Å². The van der Waals surface area contributed by atoms with E-state index in [1.54, 1.807) is 30.3 Å². The van der Waals surface area contributed by atoms with Crippen LogP contribution in [-0.4, -0.2) is 44.5 Å². The first kappa shape index (κ1) is 40.9. The average molecular weight is 656 g/mol. The van der Waals surface area contributed by atoms with E-state index in [0.717, 1.165) is 31.7 Å². The van der Waals surface area contributed by atoms with Gasteiger partial charge in [0.2, 0.25) is 5.78 Å². The van der Waals surface area contributed by atoms with Crippen molar-refractivity contribution in [3.63, 3.8) is 0 Å². The molecule has 0 aliphatic heterocycles. The van der Waals surface area contributed by atoms with Crippen LogP contribution in [0.2, 0.25) is 0 Å². The minimum absolute atomic E-state index is 0. The fourth-order valence-electron chi connectivity index (χ4n) is 5.02. The summed E-state index contributed by atoms with van der Waals surface area (Å²) in [6.45, 7) is 2.51. The summed E-state index contributed by atoms with van der Waals surface area (Å²) in [7, 11) is -3.73. The molecule has 0 saturated heterocycles. The van der Waals surface area contributed by atoms with Crippen LogP contribution in [0.1, 0.15) is 120 Å². The molecule has 0 bridgehead atoms. The number of carbonyl (C=O) groups excluding carboxylic acids is 2. The molecular formula is C34H50KNO7S. The van der Waals surface area contributed by atoms with Gasteiger partial charge in [-0.1, -0.05) is 121 Å². The molecule has 2 aromatic rings. The number of nitrogens with one attached hydrogen (secondary N) is 1. The fraction of sp³-hybridized carbons (Fsp3) is 0.588. The maximum atomic E-state index is 13.0. The maximum absolute atomic E-state index is 13.0. The van der Waals surface area contributed by atoms with Crippen molar-refractivity contribution < 1.29 is 83.4 Å². The van der Waals surface area contributed by atoms with Crippen LogP contribution in [0.5, 0.6) is 5.75 Å². The van der Waals surface area contributed by atoms with E-state index in [4.69, 9.17) is 9.47 Å². The Labute approximate surface area is 307 Å². The van der Waals surface area contributed by atoms with Crippen LogP contribution in [0.4, 0.5) is 5.69 Å². The number of hydrogen-bond acceptors (Lipinski definition) is 7. The second-order valence-corrected chi connectivity index (χ2v) is 12.5. The van der Waals surface area contributed by atoms with Gasteiger partial charge in [0.25, 0.3) is 5.91 Å². The van der Waals surface area contributed by atoms with Crippen LogP contribution in [0.15, 0.2) is 53.4 Å². The number of unbranched alkanes of at least 4 members (excludes halogenated alkanes) is 15. The van der Waals surface area contributed by atoms with E-state index in [9.17, 15) is 22.6 Å². The number of methoxy groups -OCH3 is 1. The van der Waals surface area contributed by atoms with E-state index < -0.39 is 32.8 Å². The van der Waals surface area contributed by atoms with E-state index in [2.05, 4.69) is 12.2 Å². The molecule has 2 rings (SSSR count). The number of Topliss-reactive ketones (excluding diaryl/α,β-unsaturated/α-hetero) is 1. The monoisotopic (exact) mass is 655 g/mol. The Morgan fingerprint density at radius 3 is 1.75 bits per heavy atom. The van der Waals surface area contributed by atoms with Crippen molar-refractivity contribution in [1.29, 1.82) is 0 Å². The van der Waals surface area contributed by atoms with Crippen molar-refractivity contribution in [2.75, 3.05) is 19.0 Å². The quantitative estimate of drug-likeness (QED) is 0.0551. The number of para-hydroxylation sites is 1. The first-order chi connectivity index (χ1) is 20.8. The molecule has 1 unspecified atom stereocenters. The van der Waals surface area contributed by atoms with Crippen LogP contribution in [0.3, 0.4) is 0 Å². The summed E-state index contributed by atoms with van der Waals surface area (Å²) in [6.07, 6.45) is 18.4. The zero-order valence-corrected chi connectivity index (χ0v) is 30.9. The van der Waals surface area contributed by atoms with E-state index in [1.807, 2.05) is 0 Å². The Morgan fingerprint density at radius 1 is 0.773 bits per heavy atom. The Morgan fingerprint density at radius 2 is 1.27 bits per heavy atom. The normalized spacial score (nSPS) is 11.9. The van der Waals surface area contributed by atoms with Crippen LogP contribution >= 0.6 is 0 Å². The summed E-state index contributed by atoms with van der Waals surface area (Å²) < 4.78 is 46.6. The molecule has 1 N–H and O–H groups in total. The standard InChI is InChI=1S/C34H51NO7S.K/c1-3-4-5-6-7-8-9-10-11-12-13-14-15-16-17-21-26-42-30-25-24-28(27-31(30)43(38,39)40)32(36)33(41-2)34(37)35-29-22-19-18-20-23-29;/h18-20,22-25,27,33H,3-17,21,26H2,1-2H3,(H,35,37)(H,38,39,40);/q;+1/p-1. The molecule has 2 aromatic carbocycles. The molecule has 44 heavy (non-hydrogen) atoms. The first-order valence-corrected chi connectivity index (χ1v) is 17.3. The van der Waals surface area contributed by atoms with E-state index >= 15 is 0 Å². The number of ether oxygens (including phenoxy) is 2. The van der Waals surface area contributed by atoms with Gasteiger partial charge in [-0.05, 0) is 36.8 Å². The van der Waals surface area contributed by atoms with Crippen molar-refractivity contribution >= 4 is 27.5 Å². The molecule has 0 radical (unpaired) electrons. The summed E-state index contributed by atoms with van der Waals surface area (Å²) in [5.74, 6) is -1.59. The number of rotatable bonds is 24. The van der Waals surface area contributed by atoms with Gasteiger partial charge in [0, 0.05) is 18.4 Å². The number of carbonyl (C=O) groups is 2. The summed E-state index contributed by atoms with van der Waals surface area (Å²) in [5.41, 5.74) is 0.335. The van der Waals surface area contributed by atoms with Gasteiger partial charge in [-0.15, -0.1) is 0 Å². The van der Waals surface area contributed by atoms with Gasteiger partial charge in [0.1, 0.15) is 15.9 Å². The van der Waals surface area contributed by atoms with Crippen LogP contribution in [-0.2, 0) is 19.6 Å². The minimum atomic E-state index is -4.93. The summed E-state index contributed by atoms with van der Waals surface area (Å²) in [5, 5.41) is 2.58. The maximum Gasteiger partial charge on any atom is 1.00 e. The third kappa shape index (κ3) is 16.4. The van der Waals surface area contributed by atoms with Gasteiger partial charge in [-0.25, -0.2) is 8.42 Å². The van der Waals surface area contributed by atoms with Crippen molar-refractivity contribution in [1.82, 2.24) is 0 Å². The van der Waals surface area contributed by atoms with Gasteiger partial charge < -0.3 is 19.3 Å². The van der Waals surface area contributed by atoms with Crippen LogP contribution < -0.4 is 61.4 Å². The van der Waals surface area contributed by atoms with E-state index in [-0.39, 0.29) is 69.3 Å². The Bertz CT molecular complexity index is 1190. The molecule has 0 aromatic heterocycles. The average Bonchev–Trinajstić information content (AvgIpc) is 2.99. The molecule has 10 heteroatoms. The van der Waals surface area contributed by atoms with E-state index in [1.165, 1.54) is 96.3 Å². The number of amides is 1. The van der Waals surface area contributed by atoms with Gasteiger partial charge in [0.05, 0.1) is 11.5 Å². The number of anilines is 1. The van der Waals surface area contributed by atoms with Gasteiger partial charge in [-0.2, -0.15) is 0 Å². The van der Waals surface area contributed by atoms with Crippen molar-refractivity contribution in [2.24, 2.45) is 0 Å². The van der Waals surface area contributed by atoms with Gasteiger partial charge >= 0.3 is 51.4 Å². The minimum Gasteiger partial charge on any atom is -0.744 e. The Kier molecular flexibility index (Phi) is 22.4. The molecule has 0 aliphatic carbocycles. The molecule has 0 aliphatic rings. The number of hydrogen-bond donors (Lipinski definition) is 1. The fourth-order valence-corrected chi connectivity index (χ4v) is 5.67. The van der Waals surface area contributed by atoms with Crippen LogP contribution in [0, 0.1) is 0 Å². The summed E-state index contributed by atoms with van der Waals surface area (Å²) in [6, 6.07) is 12.1. The third-order valence-corrected chi connectivity index (χ3v) is 8.36. The Hall–Kier alpha value is -1.11. The summed E-state index contributed by atoms with van der Waals surface area (Å²) >= 11 is 0. The second kappa shape index (κ2) is 24.1. The number of benzene rings is 2. The molecular weight excluding hydrogens is 606 g/mol. The predicted octanol–water partition coefficient (Wildman–Crippen LogP) is 5.07. The molecule has 240 valence electrons. The molecule has 1 atom stereocenters. The molecule has 8 nitrogen and oxygen atoms in total. The molecule has 0 fully saturated rings. The Balaban J connectivity index is 0.00000968. The summed E-state index contributed by atoms with van der Waals surface area (Å²) in [4.78, 5) is 25.0.